The third-order valence-corrected chi connectivity index (χ3v) is 3.88. The van der Waals surface area contributed by atoms with Crippen molar-refractivity contribution in [1.29, 1.82) is 0 Å². The minimum Gasteiger partial charge on any atom is -0.508 e. The Morgan fingerprint density at radius 3 is 2.64 bits per heavy atom. The van der Waals surface area contributed by atoms with Gasteiger partial charge in [-0.1, -0.05) is 6.07 Å². The predicted octanol–water partition coefficient (Wildman–Crippen LogP) is 2.83. The summed E-state index contributed by atoms with van der Waals surface area (Å²) in [6.07, 6.45) is 0. The molecule has 0 aliphatic carbocycles. The van der Waals surface area contributed by atoms with Gasteiger partial charge >= 0.3 is 5.82 Å². The highest BCUT2D eigenvalue weighted by Gasteiger charge is 2.22. The molecule has 0 unspecified atom stereocenters. The van der Waals surface area contributed by atoms with Crippen LogP contribution in [0.4, 0.5) is 10.2 Å². The van der Waals surface area contributed by atoms with Crippen LogP contribution in [0.3, 0.4) is 0 Å². The van der Waals surface area contributed by atoms with E-state index in [0.717, 1.165) is 5.39 Å². The summed E-state index contributed by atoms with van der Waals surface area (Å²) >= 11 is 0. The van der Waals surface area contributed by atoms with E-state index in [9.17, 15) is 14.3 Å². The van der Waals surface area contributed by atoms with E-state index >= 15 is 0 Å². The second-order valence-electron chi connectivity index (χ2n) is 7.47. The molecule has 0 aliphatic heterocycles. The number of anilines is 1. The summed E-state index contributed by atoms with van der Waals surface area (Å²) in [6.45, 7) is 5.71. The average molecular weight is 384 g/mol. The highest BCUT2D eigenvalue weighted by atomic mass is 19.1. The number of hydrogen-bond acceptors (Lipinski definition) is 3. The average Bonchev–Trinajstić information content (AvgIpc) is 2.88. The third-order valence-electron chi connectivity index (χ3n) is 3.88. The van der Waals surface area contributed by atoms with Crippen LogP contribution in [0, 0.1) is 5.82 Å². The first kappa shape index (κ1) is 19.3. The Balaban J connectivity index is 1.95. The van der Waals surface area contributed by atoms with Crippen molar-refractivity contribution in [2.75, 3.05) is 5.32 Å². The fraction of sp³-hybridized carbons (Fsp3) is 0.250. The SMILES string of the molecule is C[n+]1[nH]c2cc(F)ccc2c1NC(=NC(C)(C)C)NC(=O)c1cccc(O)c1. The molecule has 4 N–H and O–H groups in total. The lowest BCUT2D eigenvalue weighted by atomic mass is 10.1. The molecule has 7 nitrogen and oxygen atoms in total. The number of aromatic amines is 1. The van der Waals surface area contributed by atoms with Crippen molar-refractivity contribution in [2.24, 2.45) is 12.0 Å². The van der Waals surface area contributed by atoms with Crippen LogP contribution in [0.15, 0.2) is 47.5 Å². The number of nitrogens with one attached hydrogen (secondary N) is 3. The number of fused-ring (bicyclic) bond motifs is 1. The van der Waals surface area contributed by atoms with Gasteiger partial charge in [-0.25, -0.2) is 19.8 Å². The molecule has 8 heteroatoms. The zero-order valence-corrected chi connectivity index (χ0v) is 16.2. The Labute approximate surface area is 161 Å². The summed E-state index contributed by atoms with van der Waals surface area (Å²) in [5.41, 5.74) is 0.443. The Hall–Kier alpha value is -3.42. The molecule has 0 fully saturated rings. The molecule has 1 amide bonds. The maximum atomic E-state index is 13.5. The first-order valence-corrected chi connectivity index (χ1v) is 8.77. The third kappa shape index (κ3) is 4.46. The number of amides is 1. The number of aromatic nitrogens is 2. The van der Waals surface area contributed by atoms with E-state index in [0.29, 0.717) is 16.9 Å². The molecule has 3 rings (SSSR count). The van der Waals surface area contributed by atoms with E-state index in [4.69, 9.17) is 0 Å². The van der Waals surface area contributed by atoms with Gasteiger partial charge in [0.1, 0.15) is 18.6 Å². The number of carbonyl (C=O) groups is 1. The largest absolute Gasteiger partial charge is 0.508 e. The van der Waals surface area contributed by atoms with Gasteiger partial charge < -0.3 is 5.11 Å². The number of H-pyrrole nitrogens is 1. The fourth-order valence-electron chi connectivity index (χ4n) is 2.75. The van der Waals surface area contributed by atoms with Crippen LogP contribution >= 0.6 is 0 Å². The molecule has 0 bridgehead atoms. The fourth-order valence-corrected chi connectivity index (χ4v) is 2.75. The number of carbonyl (C=O) groups excluding carboxylic acids is 1. The molecular formula is C20H23FN5O2+. The van der Waals surface area contributed by atoms with Crippen LogP contribution in [-0.2, 0) is 7.05 Å². The minimum absolute atomic E-state index is 0.0000235. The molecule has 3 aromatic rings. The minimum atomic E-state index is -0.467. The number of guanidine groups is 1. The molecule has 2 aromatic carbocycles. The normalized spacial score (nSPS) is 12.2. The van der Waals surface area contributed by atoms with Crippen LogP contribution in [0.25, 0.3) is 10.9 Å². The van der Waals surface area contributed by atoms with E-state index < -0.39 is 11.4 Å². The number of benzene rings is 2. The molecule has 28 heavy (non-hydrogen) atoms. The van der Waals surface area contributed by atoms with Gasteiger partial charge in [-0.2, -0.15) is 4.68 Å². The van der Waals surface area contributed by atoms with E-state index in [1.165, 1.54) is 24.3 Å². The Morgan fingerprint density at radius 2 is 1.96 bits per heavy atom. The number of aliphatic imine (C=N–C) groups is 1. The molecule has 0 saturated carbocycles. The van der Waals surface area contributed by atoms with Gasteiger partial charge in [0, 0.05) is 11.6 Å². The predicted molar refractivity (Wildman–Crippen MR) is 106 cm³/mol. The summed E-state index contributed by atoms with van der Waals surface area (Å²) in [5.74, 6) is 0.0949. The zero-order chi connectivity index (χ0) is 20.5. The number of hydrogen-bond donors (Lipinski definition) is 4. The van der Waals surface area contributed by atoms with Crippen molar-refractivity contribution in [3.05, 3.63) is 53.8 Å². The second-order valence-corrected chi connectivity index (χ2v) is 7.47. The first-order valence-electron chi connectivity index (χ1n) is 8.77. The molecule has 1 heterocycles. The van der Waals surface area contributed by atoms with Crippen LogP contribution in [-0.4, -0.2) is 27.6 Å². The Kier molecular flexibility index (Phi) is 5.04. The summed E-state index contributed by atoms with van der Waals surface area (Å²) in [4.78, 5) is 17.2. The van der Waals surface area contributed by atoms with E-state index in [1.807, 2.05) is 20.8 Å². The molecule has 0 spiro atoms. The first-order chi connectivity index (χ1) is 13.1. The Morgan fingerprint density at radius 1 is 1.21 bits per heavy atom. The van der Waals surface area contributed by atoms with E-state index in [2.05, 4.69) is 20.7 Å². The summed E-state index contributed by atoms with van der Waals surface area (Å²) < 4.78 is 15.2. The molecule has 0 aliphatic rings. The number of halogens is 1. The lowest BCUT2D eigenvalue weighted by Crippen LogP contribution is -2.42. The lowest BCUT2D eigenvalue weighted by Gasteiger charge is -2.14. The molecule has 146 valence electrons. The topological polar surface area (TPSA) is 93.4 Å². The second kappa shape index (κ2) is 7.30. The number of phenolic OH excluding ortho intramolecular Hbond substituents is 1. The van der Waals surface area contributed by atoms with Crippen molar-refractivity contribution in [1.82, 2.24) is 10.4 Å². The molecule has 0 saturated heterocycles. The molecule has 0 atom stereocenters. The van der Waals surface area contributed by atoms with Gasteiger partial charge in [-0.05, 0) is 51.1 Å². The van der Waals surface area contributed by atoms with Gasteiger partial charge in [0.15, 0.2) is 0 Å². The van der Waals surface area contributed by atoms with Gasteiger partial charge in [0.05, 0.1) is 16.4 Å². The van der Waals surface area contributed by atoms with Gasteiger partial charge in [-0.15, -0.1) is 0 Å². The van der Waals surface area contributed by atoms with Gasteiger partial charge in [-0.3, -0.25) is 10.1 Å². The summed E-state index contributed by atoms with van der Waals surface area (Å²) in [5, 5.41) is 19.3. The number of aromatic hydroxyl groups is 1. The van der Waals surface area contributed by atoms with Crippen LogP contribution in [0.5, 0.6) is 5.75 Å². The quantitative estimate of drug-likeness (QED) is 0.311. The standard InChI is InChI=1S/C20H22FN5O2/c1-20(2,3)24-19(23-18(28)12-6-5-7-14(27)10-12)22-17-15-9-8-13(21)11-16(15)25-26(17)4/h5-11H,1-4H3,(H3,22,23,24,25,27,28)/p+1. The highest BCUT2D eigenvalue weighted by molar-refractivity contribution is 6.11. The van der Waals surface area contributed by atoms with Gasteiger partial charge in [0.25, 0.3) is 11.9 Å². The van der Waals surface area contributed by atoms with Crippen LogP contribution in [0.2, 0.25) is 0 Å². The van der Waals surface area contributed by atoms with Crippen molar-refractivity contribution in [2.45, 2.75) is 26.3 Å². The number of aryl methyl sites for hydroxylation is 1. The van der Waals surface area contributed by atoms with Crippen LogP contribution in [0.1, 0.15) is 31.1 Å². The number of nitrogens with zero attached hydrogens (tertiary/aromatic N) is 2. The summed E-state index contributed by atoms with van der Waals surface area (Å²) in [7, 11) is 1.77. The molecular weight excluding hydrogens is 361 g/mol. The maximum absolute atomic E-state index is 13.5. The van der Waals surface area contributed by atoms with E-state index in [-0.39, 0.29) is 17.5 Å². The van der Waals surface area contributed by atoms with Crippen molar-refractivity contribution in [3.8, 4) is 5.75 Å². The maximum Gasteiger partial charge on any atom is 0.310 e. The van der Waals surface area contributed by atoms with Crippen LogP contribution < -0.4 is 15.3 Å². The highest BCUT2D eigenvalue weighted by Crippen LogP contribution is 2.20. The lowest BCUT2D eigenvalue weighted by molar-refractivity contribution is -0.711. The molecule has 0 radical (unpaired) electrons. The monoisotopic (exact) mass is 384 g/mol. The number of phenols is 1. The smallest absolute Gasteiger partial charge is 0.310 e. The van der Waals surface area contributed by atoms with Crippen molar-refractivity contribution < 1.29 is 19.0 Å². The van der Waals surface area contributed by atoms with Gasteiger partial charge in [0.2, 0.25) is 0 Å². The molecule has 1 aromatic heterocycles. The van der Waals surface area contributed by atoms with Crippen molar-refractivity contribution in [3.63, 3.8) is 0 Å². The Bertz CT molecular complexity index is 1070. The number of rotatable bonds is 2. The zero-order valence-electron chi connectivity index (χ0n) is 16.2. The van der Waals surface area contributed by atoms with Crippen molar-refractivity contribution >= 4 is 28.6 Å². The summed E-state index contributed by atoms with van der Waals surface area (Å²) in [6, 6.07) is 10.5. The van der Waals surface area contributed by atoms with E-state index in [1.54, 1.807) is 29.9 Å².